The van der Waals surface area contributed by atoms with Gasteiger partial charge in [-0.15, -0.1) is 12.4 Å². The second kappa shape index (κ2) is 8.78. The first kappa shape index (κ1) is 15.7. The van der Waals surface area contributed by atoms with Gasteiger partial charge in [-0.2, -0.15) is 0 Å². The van der Waals surface area contributed by atoms with E-state index >= 15 is 0 Å². The maximum Gasteiger partial charge on any atom is 0.252 e. The highest BCUT2D eigenvalue weighted by Gasteiger charge is 2.03. The molecule has 0 atom stereocenters. The first-order valence-corrected chi connectivity index (χ1v) is 5.41. The van der Waals surface area contributed by atoms with Crippen molar-refractivity contribution < 1.29 is 4.79 Å². The summed E-state index contributed by atoms with van der Waals surface area (Å²) in [5.74, 6) is -0.172. The molecule has 5 nitrogen and oxygen atoms in total. The van der Waals surface area contributed by atoms with Crippen molar-refractivity contribution in [3.63, 3.8) is 0 Å². The van der Waals surface area contributed by atoms with Crippen molar-refractivity contribution >= 4 is 18.3 Å². The van der Waals surface area contributed by atoms with Crippen LogP contribution in [0, 0.1) is 0 Å². The number of carbonyl (C=O) groups is 1. The van der Waals surface area contributed by atoms with Crippen molar-refractivity contribution in [2.75, 3.05) is 19.6 Å². The molecule has 0 fully saturated rings. The third-order valence-corrected chi connectivity index (χ3v) is 2.06. The lowest BCUT2D eigenvalue weighted by molar-refractivity contribution is 0.0953. The highest BCUT2D eigenvalue weighted by Crippen LogP contribution is 1.91. The molecule has 0 bridgehead atoms. The van der Waals surface area contributed by atoms with Crippen molar-refractivity contribution in [2.24, 2.45) is 0 Å². The van der Waals surface area contributed by atoms with Crippen molar-refractivity contribution in [1.29, 1.82) is 0 Å². The fourth-order valence-corrected chi connectivity index (χ4v) is 1.22. The van der Waals surface area contributed by atoms with E-state index in [1.165, 1.54) is 18.3 Å². The van der Waals surface area contributed by atoms with Gasteiger partial charge in [0.15, 0.2) is 0 Å². The monoisotopic (exact) mass is 259 g/mol. The van der Waals surface area contributed by atoms with Gasteiger partial charge in [0.2, 0.25) is 5.56 Å². The fourth-order valence-electron chi connectivity index (χ4n) is 1.22. The van der Waals surface area contributed by atoms with Crippen LogP contribution in [0.15, 0.2) is 23.1 Å². The molecule has 1 aromatic rings. The highest BCUT2D eigenvalue weighted by atomic mass is 35.5. The quantitative estimate of drug-likeness (QED) is 0.653. The molecular formula is C11H18ClN3O2. The first-order valence-electron chi connectivity index (χ1n) is 5.41. The molecule has 0 saturated heterocycles. The summed E-state index contributed by atoms with van der Waals surface area (Å²) < 4.78 is 0. The summed E-state index contributed by atoms with van der Waals surface area (Å²) in [6, 6.07) is 2.85. The van der Waals surface area contributed by atoms with E-state index in [1.807, 2.05) is 0 Å². The average Bonchev–Trinajstić information content (AvgIpc) is 2.29. The molecule has 0 spiro atoms. The molecule has 17 heavy (non-hydrogen) atoms. The molecule has 6 heteroatoms. The molecular weight excluding hydrogens is 242 g/mol. The van der Waals surface area contributed by atoms with Crippen LogP contribution in [-0.2, 0) is 0 Å². The Morgan fingerprint density at radius 2 is 2.06 bits per heavy atom. The van der Waals surface area contributed by atoms with Crippen LogP contribution in [-0.4, -0.2) is 30.5 Å². The molecule has 1 heterocycles. The van der Waals surface area contributed by atoms with E-state index in [4.69, 9.17) is 0 Å². The average molecular weight is 260 g/mol. The van der Waals surface area contributed by atoms with Crippen LogP contribution in [0.2, 0.25) is 0 Å². The largest absolute Gasteiger partial charge is 0.351 e. The number of aromatic nitrogens is 1. The minimum atomic E-state index is -0.207. The molecule has 0 saturated carbocycles. The standard InChI is InChI=1S/C11H17N3O2.ClH/c1-2-5-12-6-7-13-11(16)9-3-4-10(15)14-8-9;/h3-4,8,12H,2,5-7H2,1H3,(H,13,16)(H,14,15);1H. The van der Waals surface area contributed by atoms with Crippen molar-refractivity contribution in [3.05, 3.63) is 34.2 Å². The lowest BCUT2D eigenvalue weighted by Gasteiger charge is -2.05. The van der Waals surface area contributed by atoms with Gasteiger partial charge in [0.1, 0.15) is 0 Å². The van der Waals surface area contributed by atoms with Gasteiger partial charge >= 0.3 is 0 Å². The minimum Gasteiger partial charge on any atom is -0.351 e. The molecule has 1 rings (SSSR count). The van der Waals surface area contributed by atoms with Gasteiger partial charge in [-0.3, -0.25) is 9.59 Å². The Morgan fingerprint density at radius 1 is 1.29 bits per heavy atom. The van der Waals surface area contributed by atoms with Crippen LogP contribution < -0.4 is 16.2 Å². The Kier molecular flexibility index (Phi) is 8.09. The summed E-state index contributed by atoms with van der Waals surface area (Å²) in [5, 5.41) is 5.93. The normalized spacial score (nSPS) is 9.47. The molecule has 1 amide bonds. The summed E-state index contributed by atoms with van der Waals surface area (Å²) in [7, 11) is 0. The Morgan fingerprint density at radius 3 is 2.65 bits per heavy atom. The van der Waals surface area contributed by atoms with Crippen LogP contribution in [0.3, 0.4) is 0 Å². The van der Waals surface area contributed by atoms with E-state index in [0.717, 1.165) is 19.5 Å². The summed E-state index contributed by atoms with van der Waals surface area (Å²) in [5.41, 5.74) is 0.260. The van der Waals surface area contributed by atoms with E-state index < -0.39 is 0 Å². The van der Waals surface area contributed by atoms with Crippen LogP contribution in [0.25, 0.3) is 0 Å². The predicted octanol–water partition coefficient (Wildman–Crippen LogP) is 0.526. The molecule has 0 aromatic carbocycles. The SMILES string of the molecule is CCCNCCNC(=O)c1ccc(=O)[nH]c1.Cl. The smallest absolute Gasteiger partial charge is 0.252 e. The highest BCUT2D eigenvalue weighted by molar-refractivity contribution is 5.93. The Balaban J connectivity index is 0.00000256. The topological polar surface area (TPSA) is 74.0 Å². The van der Waals surface area contributed by atoms with Crippen molar-refractivity contribution in [2.45, 2.75) is 13.3 Å². The van der Waals surface area contributed by atoms with Crippen molar-refractivity contribution in [3.8, 4) is 0 Å². The van der Waals surface area contributed by atoms with E-state index in [2.05, 4.69) is 22.5 Å². The fraction of sp³-hybridized carbons (Fsp3) is 0.455. The summed E-state index contributed by atoms with van der Waals surface area (Å²) >= 11 is 0. The number of hydrogen-bond acceptors (Lipinski definition) is 3. The zero-order valence-electron chi connectivity index (χ0n) is 9.79. The summed E-state index contributed by atoms with van der Waals surface area (Å²) in [4.78, 5) is 24.8. The Labute approximate surface area is 106 Å². The number of halogens is 1. The maximum atomic E-state index is 11.5. The van der Waals surface area contributed by atoms with Gasteiger partial charge in [-0.1, -0.05) is 6.92 Å². The van der Waals surface area contributed by atoms with Crippen LogP contribution in [0.5, 0.6) is 0 Å². The van der Waals surface area contributed by atoms with E-state index in [-0.39, 0.29) is 23.9 Å². The van der Waals surface area contributed by atoms with Crippen molar-refractivity contribution in [1.82, 2.24) is 15.6 Å². The van der Waals surface area contributed by atoms with Gasteiger partial charge in [-0.25, -0.2) is 0 Å². The first-order chi connectivity index (χ1) is 7.74. The molecule has 1 aromatic heterocycles. The zero-order valence-corrected chi connectivity index (χ0v) is 10.6. The number of carbonyl (C=O) groups excluding carboxylic acids is 1. The third-order valence-electron chi connectivity index (χ3n) is 2.06. The summed E-state index contributed by atoms with van der Waals surface area (Å²) in [6.07, 6.45) is 2.49. The predicted molar refractivity (Wildman–Crippen MR) is 69.8 cm³/mol. The number of pyridine rings is 1. The number of H-pyrrole nitrogens is 1. The number of hydrogen-bond donors (Lipinski definition) is 3. The van der Waals surface area contributed by atoms with E-state index in [9.17, 15) is 9.59 Å². The number of aromatic amines is 1. The van der Waals surface area contributed by atoms with Gasteiger partial charge in [0, 0.05) is 25.4 Å². The molecule has 0 aliphatic carbocycles. The van der Waals surface area contributed by atoms with Gasteiger partial charge < -0.3 is 15.6 Å². The molecule has 96 valence electrons. The zero-order chi connectivity index (χ0) is 11.8. The molecule has 0 aliphatic rings. The van der Waals surface area contributed by atoms with E-state index in [0.29, 0.717) is 12.1 Å². The maximum absolute atomic E-state index is 11.5. The molecule has 0 aliphatic heterocycles. The molecule has 0 unspecified atom stereocenters. The second-order valence-electron chi connectivity index (χ2n) is 3.45. The second-order valence-corrected chi connectivity index (χ2v) is 3.45. The number of nitrogens with one attached hydrogen (secondary N) is 3. The van der Waals surface area contributed by atoms with Crippen LogP contribution in [0.4, 0.5) is 0 Å². The lowest BCUT2D eigenvalue weighted by atomic mass is 10.3. The van der Waals surface area contributed by atoms with Gasteiger partial charge in [-0.05, 0) is 19.0 Å². The van der Waals surface area contributed by atoms with Crippen LogP contribution in [0.1, 0.15) is 23.7 Å². The molecule has 0 radical (unpaired) electrons. The van der Waals surface area contributed by atoms with Crippen LogP contribution >= 0.6 is 12.4 Å². The van der Waals surface area contributed by atoms with Gasteiger partial charge in [0.25, 0.3) is 5.91 Å². The Bertz CT molecular complexity index is 372. The third kappa shape index (κ3) is 6.09. The summed E-state index contributed by atoms with van der Waals surface area (Å²) in [6.45, 7) is 4.38. The van der Waals surface area contributed by atoms with E-state index in [1.54, 1.807) is 0 Å². The Hall–Kier alpha value is -1.33. The lowest BCUT2D eigenvalue weighted by Crippen LogP contribution is -2.32. The molecule has 3 N–H and O–H groups in total. The minimum absolute atomic E-state index is 0. The number of rotatable bonds is 6. The van der Waals surface area contributed by atoms with Gasteiger partial charge in [0.05, 0.1) is 5.56 Å². The number of amides is 1.